The summed E-state index contributed by atoms with van der Waals surface area (Å²) >= 11 is 0. The van der Waals surface area contributed by atoms with Crippen LogP contribution >= 0.6 is 0 Å². The third-order valence-electron chi connectivity index (χ3n) is 0.821. The van der Waals surface area contributed by atoms with Crippen molar-refractivity contribution in [3.63, 3.8) is 0 Å². The van der Waals surface area contributed by atoms with E-state index < -0.39 is 6.03 Å². The molecule has 0 aromatic rings. The Morgan fingerprint density at radius 3 is 2.22 bits per heavy atom. The van der Waals surface area contributed by atoms with E-state index in [0.717, 1.165) is 5.01 Å². The molecular weight excluding hydrogens is 146 g/mol. The molecule has 0 aromatic carbocycles. The van der Waals surface area contributed by atoms with E-state index in [4.69, 9.17) is 5.84 Å². The topological polar surface area (TPSA) is 75.4 Å². The minimum absolute atomic E-state index is 0. The quantitative estimate of drug-likeness (QED) is 0.207. The summed E-state index contributed by atoms with van der Waals surface area (Å²) in [6.07, 6.45) is 0. The van der Waals surface area contributed by atoms with E-state index in [0.29, 0.717) is 0 Å². The molecule has 3 N–H and O–H groups in total. The number of nitrogens with one attached hydrogen (secondary N) is 1. The molecule has 1 fully saturated rings. The molecule has 0 bridgehead atoms. The van der Waals surface area contributed by atoms with Gasteiger partial charge < -0.3 is 12.4 Å². The second-order valence-electron chi connectivity index (χ2n) is 1.48. The molecule has 1 rings (SSSR count). The Morgan fingerprint density at radius 1 is 1.56 bits per heavy atom. The highest BCUT2D eigenvalue weighted by atomic mass is 35.5. The Balaban J connectivity index is 0.000000640. The number of amides is 3. The van der Waals surface area contributed by atoms with Crippen LogP contribution in [0.1, 0.15) is 0 Å². The summed E-state index contributed by atoms with van der Waals surface area (Å²) < 4.78 is 0. The molecule has 6 heteroatoms. The molecule has 5 nitrogen and oxygen atoms in total. The van der Waals surface area contributed by atoms with Crippen LogP contribution in [0.25, 0.3) is 0 Å². The second-order valence-corrected chi connectivity index (χ2v) is 1.48. The highest BCUT2D eigenvalue weighted by molar-refractivity contribution is 6.01. The Bertz CT molecular complexity index is 148. The molecule has 1 heterocycles. The van der Waals surface area contributed by atoms with Crippen molar-refractivity contribution >= 4 is 11.9 Å². The average Bonchev–Trinajstić information content (AvgIpc) is 1.85. The van der Waals surface area contributed by atoms with Gasteiger partial charge in [-0.2, -0.15) is 0 Å². The number of urea groups is 1. The normalized spacial score (nSPS) is 17.2. The smallest absolute Gasteiger partial charge is 0.338 e. The Morgan fingerprint density at radius 2 is 2.11 bits per heavy atom. The van der Waals surface area contributed by atoms with Gasteiger partial charge in [-0.05, 0) is 0 Å². The summed E-state index contributed by atoms with van der Waals surface area (Å²) in [5, 5.41) is 2.81. The summed E-state index contributed by atoms with van der Waals surface area (Å²) in [6.45, 7) is -0.0289. The summed E-state index contributed by atoms with van der Waals surface area (Å²) in [5.41, 5.74) is 0. The van der Waals surface area contributed by atoms with E-state index in [1.165, 1.54) is 0 Å². The number of halogens is 1. The highest BCUT2D eigenvalue weighted by Crippen LogP contribution is 1.87. The van der Waals surface area contributed by atoms with Crippen LogP contribution in [-0.2, 0) is 4.79 Å². The molecule has 0 unspecified atom stereocenters. The zero-order valence-corrected chi connectivity index (χ0v) is 5.18. The molecule has 9 heavy (non-hydrogen) atoms. The fourth-order valence-corrected chi connectivity index (χ4v) is 0.457. The van der Waals surface area contributed by atoms with Gasteiger partial charge in [0.1, 0.15) is 6.54 Å². The maximum Gasteiger partial charge on any atom is 0.338 e. The second kappa shape index (κ2) is 2.65. The molecule has 52 valence electrons. The summed E-state index contributed by atoms with van der Waals surface area (Å²) in [6, 6.07) is -0.532. The molecule has 0 aliphatic carbocycles. The molecule has 0 aromatic heterocycles. The van der Waals surface area contributed by atoms with Gasteiger partial charge in [-0.1, -0.05) is 0 Å². The molecular formula is C3H5ClN3O2-. The van der Waals surface area contributed by atoms with E-state index in [1.54, 1.807) is 0 Å². The van der Waals surface area contributed by atoms with Gasteiger partial charge >= 0.3 is 6.03 Å². The van der Waals surface area contributed by atoms with Crippen LogP contribution in [0.2, 0.25) is 0 Å². The van der Waals surface area contributed by atoms with Crippen molar-refractivity contribution in [3.05, 3.63) is 0 Å². The first-order valence-electron chi connectivity index (χ1n) is 2.06. The van der Waals surface area contributed by atoms with Crippen LogP contribution < -0.4 is 23.6 Å². The molecule has 1 aliphatic heterocycles. The summed E-state index contributed by atoms with van der Waals surface area (Å²) in [5.74, 6) is 4.62. The number of imide groups is 1. The van der Waals surface area contributed by atoms with Crippen molar-refractivity contribution in [3.8, 4) is 0 Å². The molecule has 0 spiro atoms. The lowest BCUT2D eigenvalue weighted by atomic mass is 10.7. The van der Waals surface area contributed by atoms with Gasteiger partial charge in [-0.25, -0.2) is 10.6 Å². The number of hydrogen-bond donors (Lipinski definition) is 2. The lowest BCUT2D eigenvalue weighted by Crippen LogP contribution is -3.00. The molecule has 3 amide bonds. The predicted octanol–water partition coefficient (Wildman–Crippen LogP) is -4.58. The predicted molar refractivity (Wildman–Crippen MR) is 24.4 cm³/mol. The van der Waals surface area contributed by atoms with E-state index in [2.05, 4.69) is 0 Å². The summed E-state index contributed by atoms with van der Waals surface area (Å²) in [7, 11) is 0. The third-order valence-corrected chi connectivity index (χ3v) is 0.821. The van der Waals surface area contributed by atoms with E-state index >= 15 is 0 Å². The summed E-state index contributed by atoms with van der Waals surface area (Å²) in [4.78, 5) is 20.5. The number of nitrogens with zero attached hydrogens (tertiary/aromatic N) is 1. The fourth-order valence-electron chi connectivity index (χ4n) is 0.457. The lowest BCUT2D eigenvalue weighted by Gasteiger charge is -1.99. The molecule has 1 aliphatic rings. The number of nitrogens with two attached hydrogens (primary N) is 1. The van der Waals surface area contributed by atoms with Crippen LogP contribution in [0.15, 0.2) is 0 Å². The average molecular weight is 151 g/mol. The maximum absolute atomic E-state index is 10.3. The van der Waals surface area contributed by atoms with Crippen molar-refractivity contribution in [2.45, 2.75) is 0 Å². The minimum atomic E-state index is -0.532. The first-order valence-corrected chi connectivity index (χ1v) is 2.06. The van der Waals surface area contributed by atoms with Crippen LogP contribution in [-0.4, -0.2) is 23.5 Å². The maximum atomic E-state index is 10.3. The van der Waals surface area contributed by atoms with Gasteiger partial charge in [0.2, 0.25) is 5.91 Å². The van der Waals surface area contributed by atoms with E-state index in [1.807, 2.05) is 5.32 Å². The number of rotatable bonds is 0. The van der Waals surface area contributed by atoms with Crippen LogP contribution in [0.4, 0.5) is 4.79 Å². The van der Waals surface area contributed by atoms with Gasteiger partial charge in [0, 0.05) is 0 Å². The molecule has 0 radical (unpaired) electrons. The van der Waals surface area contributed by atoms with Gasteiger partial charge in [0.05, 0.1) is 0 Å². The van der Waals surface area contributed by atoms with E-state index in [-0.39, 0.29) is 24.9 Å². The van der Waals surface area contributed by atoms with Crippen molar-refractivity contribution in [1.29, 1.82) is 0 Å². The lowest BCUT2D eigenvalue weighted by molar-refractivity contribution is -0.118. The van der Waals surface area contributed by atoms with Crippen LogP contribution in [0, 0.1) is 0 Å². The zero-order valence-electron chi connectivity index (χ0n) is 4.43. The van der Waals surface area contributed by atoms with Crippen molar-refractivity contribution in [1.82, 2.24) is 10.3 Å². The SMILES string of the molecule is NN1CC(=O)NC1=O.[Cl-]. The molecule has 1 saturated heterocycles. The van der Waals surface area contributed by atoms with E-state index in [9.17, 15) is 9.59 Å². The first kappa shape index (κ1) is 8.19. The zero-order chi connectivity index (χ0) is 6.15. The fraction of sp³-hybridized carbons (Fsp3) is 0.333. The monoisotopic (exact) mass is 150 g/mol. The Hall–Kier alpha value is -0.810. The van der Waals surface area contributed by atoms with Crippen molar-refractivity contribution < 1.29 is 22.0 Å². The number of hydrazine groups is 1. The largest absolute Gasteiger partial charge is 1.00 e. The standard InChI is InChI=1S/C3H5N3O2.ClH/c4-6-1-2(7)5-3(6)8;/h1,4H2,(H,5,7,8);1H/p-1. The Kier molecular flexibility index (Phi) is 2.41. The minimum Gasteiger partial charge on any atom is -1.00 e. The van der Waals surface area contributed by atoms with Gasteiger partial charge in [0.25, 0.3) is 0 Å². The molecule has 0 saturated carbocycles. The number of carbonyl (C=O) groups is 2. The van der Waals surface area contributed by atoms with Gasteiger partial charge in [-0.15, -0.1) is 0 Å². The van der Waals surface area contributed by atoms with Crippen molar-refractivity contribution in [2.24, 2.45) is 5.84 Å². The highest BCUT2D eigenvalue weighted by Gasteiger charge is 2.22. The van der Waals surface area contributed by atoms with Crippen molar-refractivity contribution in [2.75, 3.05) is 6.54 Å². The molecule has 0 atom stereocenters. The van der Waals surface area contributed by atoms with Gasteiger partial charge in [-0.3, -0.25) is 15.1 Å². The Labute approximate surface area is 57.6 Å². The van der Waals surface area contributed by atoms with Gasteiger partial charge in [0.15, 0.2) is 0 Å². The number of carbonyl (C=O) groups excluding carboxylic acids is 2. The van der Waals surface area contributed by atoms with Crippen LogP contribution in [0.5, 0.6) is 0 Å². The third kappa shape index (κ3) is 1.55. The van der Waals surface area contributed by atoms with Crippen LogP contribution in [0.3, 0.4) is 0 Å². The first-order chi connectivity index (χ1) is 3.70. The number of hydrogen-bond acceptors (Lipinski definition) is 3.